The van der Waals surface area contributed by atoms with E-state index in [0.29, 0.717) is 4.90 Å². The Hall–Kier alpha value is -3.03. The second kappa shape index (κ2) is 11.0. The minimum atomic E-state index is -0.479. The Morgan fingerprint density at radius 2 is 1.25 bits per heavy atom. The third-order valence-corrected chi connectivity index (χ3v) is 4.25. The van der Waals surface area contributed by atoms with Gasteiger partial charge in [0.15, 0.2) is 0 Å². The number of amides is 4. The summed E-state index contributed by atoms with van der Waals surface area (Å²) < 4.78 is 1.53. The number of hydrogen-bond donors (Lipinski definition) is 0. The monoisotopic (exact) mass is 389 g/mol. The Bertz CT molecular complexity index is 726. The van der Waals surface area contributed by atoms with E-state index in [-0.39, 0.29) is 36.5 Å². The molecule has 8 heteroatoms. The quantitative estimate of drug-likeness (QED) is 0.499. The van der Waals surface area contributed by atoms with E-state index in [1.165, 1.54) is 24.0 Å². The number of hydrogen-bond acceptors (Lipinski definition) is 5. The second-order valence-corrected chi connectivity index (χ2v) is 6.51. The predicted octanol–water partition coefficient (Wildman–Crippen LogP) is 2.01. The standard InChI is InChI=1S/C8H13NO.C6H7NO3.C6H7NO/c1-7-3-5-9(6-4-7)8(2)10;1-4(8)7-5(9)2-3-6(7)10;1-6(8)7-4-2-3-5-7/h1,3-6H2,2H3;2-3H2,1H3;2-5H,1H3. The van der Waals surface area contributed by atoms with Crippen molar-refractivity contribution in [2.45, 2.75) is 46.5 Å². The zero-order valence-corrected chi connectivity index (χ0v) is 16.6. The van der Waals surface area contributed by atoms with Crippen molar-refractivity contribution in [2.75, 3.05) is 13.1 Å². The van der Waals surface area contributed by atoms with Gasteiger partial charge in [-0.3, -0.25) is 28.5 Å². The van der Waals surface area contributed by atoms with Crippen molar-refractivity contribution in [3.8, 4) is 0 Å². The topological polar surface area (TPSA) is 96.8 Å². The van der Waals surface area contributed by atoms with E-state index in [9.17, 15) is 24.0 Å². The number of imide groups is 3. The van der Waals surface area contributed by atoms with Crippen molar-refractivity contribution in [3.63, 3.8) is 0 Å². The Morgan fingerprint density at radius 3 is 1.54 bits per heavy atom. The SMILES string of the molecule is C=C1CCN(C(C)=O)CC1.CC(=O)N1C(=O)CCC1=O.CC(=O)n1cccc1. The molecule has 3 rings (SSSR count). The fraction of sp³-hybridized carbons (Fsp3) is 0.450. The number of carbonyl (C=O) groups excluding carboxylic acids is 5. The Labute approximate surface area is 164 Å². The van der Waals surface area contributed by atoms with Crippen LogP contribution in [0.2, 0.25) is 0 Å². The molecular weight excluding hydrogens is 362 g/mol. The lowest BCUT2D eigenvalue weighted by Crippen LogP contribution is -2.34. The van der Waals surface area contributed by atoms with E-state index in [2.05, 4.69) is 6.58 Å². The average molecular weight is 389 g/mol. The van der Waals surface area contributed by atoms with Crippen LogP contribution in [0.25, 0.3) is 0 Å². The van der Waals surface area contributed by atoms with Gasteiger partial charge in [0.1, 0.15) is 0 Å². The molecule has 0 aliphatic carbocycles. The average Bonchev–Trinajstić information content (AvgIpc) is 3.26. The largest absolute Gasteiger partial charge is 0.342 e. The van der Waals surface area contributed by atoms with Gasteiger partial charge in [-0.05, 0) is 25.0 Å². The maximum absolute atomic E-state index is 10.8. The first-order valence-electron chi connectivity index (χ1n) is 9.06. The van der Waals surface area contributed by atoms with Gasteiger partial charge in [0.25, 0.3) is 0 Å². The number of nitrogens with zero attached hydrogens (tertiary/aromatic N) is 3. The van der Waals surface area contributed by atoms with Crippen LogP contribution in [0.1, 0.15) is 51.2 Å². The molecule has 0 saturated carbocycles. The molecule has 1 aromatic rings. The molecule has 0 aromatic carbocycles. The maximum atomic E-state index is 10.8. The zero-order valence-electron chi connectivity index (χ0n) is 16.6. The van der Waals surface area contributed by atoms with Crippen molar-refractivity contribution in [3.05, 3.63) is 36.7 Å². The lowest BCUT2D eigenvalue weighted by atomic mass is 10.1. The highest BCUT2D eigenvalue weighted by Gasteiger charge is 2.31. The third-order valence-electron chi connectivity index (χ3n) is 4.25. The molecule has 8 nitrogen and oxygen atoms in total. The normalized spacial score (nSPS) is 16.0. The molecule has 2 aliphatic heterocycles. The molecule has 0 spiro atoms. The van der Waals surface area contributed by atoms with Crippen LogP contribution in [0.5, 0.6) is 0 Å². The minimum absolute atomic E-state index is 0.0509. The number of likely N-dealkylation sites (tertiary alicyclic amines) is 2. The molecule has 2 saturated heterocycles. The number of aromatic nitrogens is 1. The third kappa shape index (κ3) is 7.30. The predicted molar refractivity (Wildman–Crippen MR) is 103 cm³/mol. The van der Waals surface area contributed by atoms with E-state index in [4.69, 9.17) is 0 Å². The summed E-state index contributed by atoms with van der Waals surface area (Å²) in [6.45, 7) is 9.96. The van der Waals surface area contributed by atoms with Crippen molar-refractivity contribution in [2.24, 2.45) is 0 Å². The molecule has 0 atom stereocenters. The second-order valence-electron chi connectivity index (χ2n) is 6.51. The first-order valence-corrected chi connectivity index (χ1v) is 9.06. The van der Waals surface area contributed by atoms with Gasteiger partial charge in [0.2, 0.25) is 29.5 Å². The highest BCUT2D eigenvalue weighted by molar-refractivity contribution is 6.14. The van der Waals surface area contributed by atoms with Crippen LogP contribution in [0.3, 0.4) is 0 Å². The first kappa shape index (κ1) is 23.0. The molecule has 3 heterocycles. The highest BCUT2D eigenvalue weighted by Crippen LogP contribution is 2.13. The van der Waals surface area contributed by atoms with E-state index >= 15 is 0 Å². The fourth-order valence-electron chi connectivity index (χ4n) is 2.61. The summed E-state index contributed by atoms with van der Waals surface area (Å²) in [5.74, 6) is -0.995. The highest BCUT2D eigenvalue weighted by atomic mass is 16.2. The van der Waals surface area contributed by atoms with Crippen LogP contribution in [0.4, 0.5) is 0 Å². The summed E-state index contributed by atoms with van der Waals surface area (Å²) in [6.07, 6.45) is 5.78. The molecule has 0 radical (unpaired) electrons. The van der Waals surface area contributed by atoms with E-state index < -0.39 is 5.91 Å². The van der Waals surface area contributed by atoms with Gasteiger partial charge >= 0.3 is 0 Å². The van der Waals surface area contributed by atoms with E-state index in [1.807, 2.05) is 17.0 Å². The van der Waals surface area contributed by atoms with Crippen molar-refractivity contribution >= 4 is 29.5 Å². The summed E-state index contributed by atoms with van der Waals surface area (Å²) >= 11 is 0. The molecule has 0 bridgehead atoms. The Balaban J connectivity index is 0.000000212. The number of carbonyl (C=O) groups is 5. The molecule has 0 N–H and O–H groups in total. The molecule has 28 heavy (non-hydrogen) atoms. The summed E-state index contributed by atoms with van der Waals surface area (Å²) in [6, 6.07) is 3.64. The smallest absolute Gasteiger partial charge is 0.236 e. The summed E-state index contributed by atoms with van der Waals surface area (Å²) in [5, 5.41) is 0. The van der Waals surface area contributed by atoms with E-state index in [1.54, 1.807) is 19.3 Å². The summed E-state index contributed by atoms with van der Waals surface area (Å²) in [4.78, 5) is 55.8. The van der Waals surface area contributed by atoms with Crippen LogP contribution < -0.4 is 0 Å². The van der Waals surface area contributed by atoms with Gasteiger partial charge in [-0.15, -0.1) is 0 Å². The van der Waals surface area contributed by atoms with Gasteiger partial charge < -0.3 is 4.90 Å². The summed E-state index contributed by atoms with van der Waals surface area (Å²) in [7, 11) is 0. The fourth-order valence-corrected chi connectivity index (χ4v) is 2.61. The van der Waals surface area contributed by atoms with Gasteiger partial charge in [0, 0.05) is 59.1 Å². The molecule has 152 valence electrons. The molecule has 2 aliphatic rings. The van der Waals surface area contributed by atoms with Crippen molar-refractivity contribution < 1.29 is 24.0 Å². The lowest BCUT2D eigenvalue weighted by Gasteiger charge is -2.26. The molecule has 2 fully saturated rings. The number of rotatable bonds is 0. The van der Waals surface area contributed by atoms with Gasteiger partial charge in [0.05, 0.1) is 0 Å². The molecule has 1 aromatic heterocycles. The Morgan fingerprint density at radius 1 is 0.786 bits per heavy atom. The van der Waals surface area contributed by atoms with Gasteiger partial charge in [-0.1, -0.05) is 12.2 Å². The molecule has 0 unspecified atom stereocenters. The maximum Gasteiger partial charge on any atom is 0.236 e. The van der Waals surface area contributed by atoms with Crippen LogP contribution in [0.15, 0.2) is 36.7 Å². The van der Waals surface area contributed by atoms with Crippen LogP contribution in [0, 0.1) is 0 Å². The number of piperidine rings is 1. The Kier molecular flexibility index (Phi) is 9.01. The van der Waals surface area contributed by atoms with Gasteiger partial charge in [-0.25, -0.2) is 4.90 Å². The van der Waals surface area contributed by atoms with Crippen LogP contribution in [-0.4, -0.2) is 57.0 Å². The first-order chi connectivity index (χ1) is 13.1. The molecular formula is C20H27N3O5. The van der Waals surface area contributed by atoms with Crippen LogP contribution >= 0.6 is 0 Å². The van der Waals surface area contributed by atoms with Crippen LogP contribution in [-0.2, 0) is 19.2 Å². The van der Waals surface area contributed by atoms with E-state index in [0.717, 1.165) is 25.9 Å². The molecule has 4 amide bonds. The lowest BCUT2D eigenvalue weighted by molar-refractivity contribution is -0.148. The van der Waals surface area contributed by atoms with Crippen molar-refractivity contribution in [1.82, 2.24) is 14.4 Å². The summed E-state index contributed by atoms with van der Waals surface area (Å²) in [5.41, 5.74) is 1.28. The van der Waals surface area contributed by atoms with Crippen molar-refractivity contribution in [1.29, 1.82) is 0 Å². The van der Waals surface area contributed by atoms with Gasteiger partial charge in [-0.2, -0.15) is 0 Å². The minimum Gasteiger partial charge on any atom is -0.342 e. The zero-order chi connectivity index (χ0) is 21.3.